The maximum Gasteiger partial charge on any atom is 0.340 e. The van der Waals surface area contributed by atoms with Gasteiger partial charge in [-0.05, 0) is 26.0 Å². The van der Waals surface area contributed by atoms with E-state index in [0.29, 0.717) is 16.0 Å². The first-order chi connectivity index (χ1) is 13.8. The average Bonchev–Trinajstić information content (AvgIpc) is 2.70. The lowest BCUT2D eigenvalue weighted by Gasteiger charge is -2.21. The van der Waals surface area contributed by atoms with E-state index < -0.39 is 12.1 Å². The van der Waals surface area contributed by atoms with Gasteiger partial charge >= 0.3 is 5.97 Å². The van der Waals surface area contributed by atoms with E-state index in [9.17, 15) is 14.4 Å². The summed E-state index contributed by atoms with van der Waals surface area (Å²) in [5.74, 6) is -0.869. The van der Waals surface area contributed by atoms with E-state index in [1.807, 2.05) is 19.9 Å². The monoisotopic (exact) mass is 414 g/mol. The first kappa shape index (κ1) is 22.5. The van der Waals surface area contributed by atoms with Gasteiger partial charge < -0.3 is 15.0 Å². The Labute approximate surface area is 175 Å². The fourth-order valence-corrected chi connectivity index (χ4v) is 3.41. The summed E-state index contributed by atoms with van der Waals surface area (Å²) in [5, 5.41) is 2.82. The van der Waals surface area contributed by atoms with Crippen LogP contribution in [0.5, 0.6) is 0 Å². The Morgan fingerprint density at radius 3 is 2.24 bits per heavy atom. The van der Waals surface area contributed by atoms with Crippen LogP contribution in [-0.2, 0) is 14.3 Å². The minimum absolute atomic E-state index is 0.0481. The average molecular weight is 415 g/mol. The topological polar surface area (TPSA) is 75.7 Å². The van der Waals surface area contributed by atoms with Crippen LogP contribution in [0.2, 0.25) is 0 Å². The van der Waals surface area contributed by atoms with E-state index in [2.05, 4.69) is 5.32 Å². The van der Waals surface area contributed by atoms with Crippen LogP contribution in [0.1, 0.15) is 35.9 Å². The zero-order chi connectivity index (χ0) is 21.4. The largest absolute Gasteiger partial charge is 0.444 e. The van der Waals surface area contributed by atoms with Crippen molar-refractivity contribution in [3.63, 3.8) is 0 Å². The second kappa shape index (κ2) is 10.7. The second-order valence-electron chi connectivity index (χ2n) is 6.94. The molecule has 2 aromatic rings. The number of nitrogens with zero attached hydrogens (tertiary/aromatic N) is 1. The number of esters is 1. The molecule has 0 aliphatic rings. The standard InChI is InChI=1S/C22H26N2O4S/c1-15(2)23-19(25)14-29-18-13-9-8-12-17(18)22(27)28-20(21(26)24(3)4)16-10-6-5-7-11-16/h5-13,15,20H,14H2,1-4H3,(H,23,25)/t20-/m0/s1. The number of rotatable bonds is 8. The van der Waals surface area contributed by atoms with Crippen molar-refractivity contribution in [3.05, 3.63) is 65.7 Å². The molecule has 0 fully saturated rings. The number of ether oxygens (including phenoxy) is 1. The Bertz CT molecular complexity index is 853. The first-order valence-corrected chi connectivity index (χ1v) is 10.3. The molecule has 7 heteroatoms. The van der Waals surface area contributed by atoms with Crippen molar-refractivity contribution in [2.75, 3.05) is 19.8 Å². The van der Waals surface area contributed by atoms with Crippen molar-refractivity contribution in [2.24, 2.45) is 0 Å². The van der Waals surface area contributed by atoms with Crippen LogP contribution in [0.15, 0.2) is 59.5 Å². The van der Waals surface area contributed by atoms with Gasteiger partial charge in [0.2, 0.25) is 12.0 Å². The molecule has 154 valence electrons. The molecule has 0 radical (unpaired) electrons. The molecule has 0 saturated heterocycles. The van der Waals surface area contributed by atoms with Crippen molar-refractivity contribution in [2.45, 2.75) is 30.9 Å². The van der Waals surface area contributed by atoms with Crippen LogP contribution in [0.3, 0.4) is 0 Å². The van der Waals surface area contributed by atoms with Crippen LogP contribution in [0.25, 0.3) is 0 Å². The first-order valence-electron chi connectivity index (χ1n) is 9.28. The minimum atomic E-state index is -1.04. The van der Waals surface area contributed by atoms with Gasteiger partial charge in [0.05, 0.1) is 11.3 Å². The van der Waals surface area contributed by atoms with E-state index in [-0.39, 0.29) is 23.6 Å². The lowest BCUT2D eigenvalue weighted by molar-refractivity contribution is -0.138. The van der Waals surface area contributed by atoms with Crippen LogP contribution in [0, 0.1) is 0 Å². The van der Waals surface area contributed by atoms with Crippen LogP contribution in [0.4, 0.5) is 0 Å². The van der Waals surface area contributed by atoms with Crippen LogP contribution < -0.4 is 5.32 Å². The van der Waals surface area contributed by atoms with Gasteiger partial charge in [-0.3, -0.25) is 9.59 Å². The molecule has 0 heterocycles. The smallest absolute Gasteiger partial charge is 0.340 e. The lowest BCUT2D eigenvalue weighted by Crippen LogP contribution is -2.32. The number of likely N-dealkylation sites (N-methyl/N-ethyl adjacent to an activating group) is 1. The molecule has 1 atom stereocenters. The SMILES string of the molecule is CC(C)NC(=O)CSc1ccccc1C(=O)O[C@H](C(=O)N(C)C)c1ccccc1. The third kappa shape index (κ3) is 6.64. The highest BCUT2D eigenvalue weighted by Gasteiger charge is 2.28. The molecule has 2 aromatic carbocycles. The molecule has 29 heavy (non-hydrogen) atoms. The number of benzene rings is 2. The number of carbonyl (C=O) groups excluding carboxylic acids is 3. The number of hydrogen-bond donors (Lipinski definition) is 1. The summed E-state index contributed by atoms with van der Waals surface area (Å²) in [5.41, 5.74) is 0.920. The summed E-state index contributed by atoms with van der Waals surface area (Å²) in [7, 11) is 3.23. The zero-order valence-electron chi connectivity index (χ0n) is 17.0. The summed E-state index contributed by atoms with van der Waals surface area (Å²) in [6, 6.07) is 15.9. The summed E-state index contributed by atoms with van der Waals surface area (Å²) in [6.45, 7) is 3.78. The van der Waals surface area contributed by atoms with Gasteiger partial charge in [0.25, 0.3) is 5.91 Å². The number of carbonyl (C=O) groups is 3. The molecular weight excluding hydrogens is 388 g/mol. The highest BCUT2D eigenvalue weighted by atomic mass is 32.2. The number of amides is 2. The van der Waals surface area contributed by atoms with Crippen molar-refractivity contribution < 1.29 is 19.1 Å². The molecule has 0 aliphatic heterocycles. The van der Waals surface area contributed by atoms with Gasteiger partial charge in [-0.1, -0.05) is 42.5 Å². The number of nitrogens with one attached hydrogen (secondary N) is 1. The lowest BCUT2D eigenvalue weighted by atomic mass is 10.1. The number of thioether (sulfide) groups is 1. The predicted molar refractivity (Wildman–Crippen MR) is 114 cm³/mol. The fourth-order valence-electron chi connectivity index (χ4n) is 2.56. The predicted octanol–water partition coefficient (Wildman–Crippen LogP) is 3.29. The van der Waals surface area contributed by atoms with Gasteiger partial charge in [-0.15, -0.1) is 11.8 Å². The second-order valence-corrected chi connectivity index (χ2v) is 7.95. The third-order valence-electron chi connectivity index (χ3n) is 3.91. The molecule has 0 saturated carbocycles. The van der Waals surface area contributed by atoms with E-state index in [4.69, 9.17) is 4.74 Å². The molecule has 0 bridgehead atoms. The molecule has 2 amide bonds. The van der Waals surface area contributed by atoms with Gasteiger partial charge in [0.15, 0.2) is 0 Å². The minimum Gasteiger partial charge on any atom is -0.444 e. The molecule has 0 aromatic heterocycles. The molecule has 2 rings (SSSR count). The molecule has 1 N–H and O–H groups in total. The van der Waals surface area contributed by atoms with Crippen molar-refractivity contribution in [1.82, 2.24) is 10.2 Å². The summed E-state index contributed by atoms with van der Waals surface area (Å²) < 4.78 is 5.61. The Kier molecular flexibility index (Phi) is 8.27. The normalized spacial score (nSPS) is 11.6. The quantitative estimate of drug-likeness (QED) is 0.530. The molecule has 6 nitrogen and oxygen atoms in total. The van der Waals surface area contributed by atoms with Crippen LogP contribution >= 0.6 is 11.8 Å². The van der Waals surface area contributed by atoms with Crippen molar-refractivity contribution in [3.8, 4) is 0 Å². The maximum atomic E-state index is 12.9. The highest BCUT2D eigenvalue weighted by molar-refractivity contribution is 8.00. The summed E-state index contributed by atoms with van der Waals surface area (Å²) in [4.78, 5) is 39.4. The van der Waals surface area contributed by atoms with E-state index in [1.54, 1.807) is 62.6 Å². The number of hydrogen-bond acceptors (Lipinski definition) is 5. The van der Waals surface area contributed by atoms with Crippen LogP contribution in [-0.4, -0.2) is 48.6 Å². The molecule has 0 aliphatic carbocycles. The molecule has 0 spiro atoms. The molecular formula is C22H26N2O4S. The zero-order valence-corrected chi connectivity index (χ0v) is 17.9. The highest BCUT2D eigenvalue weighted by Crippen LogP contribution is 2.26. The van der Waals surface area contributed by atoms with Crippen molar-refractivity contribution in [1.29, 1.82) is 0 Å². The maximum absolute atomic E-state index is 12.9. The van der Waals surface area contributed by atoms with Crippen molar-refractivity contribution >= 4 is 29.5 Å². The van der Waals surface area contributed by atoms with E-state index >= 15 is 0 Å². The Hall–Kier alpha value is -2.80. The third-order valence-corrected chi connectivity index (χ3v) is 4.98. The Morgan fingerprint density at radius 1 is 1.00 bits per heavy atom. The molecule has 0 unspecified atom stereocenters. The summed E-state index contributed by atoms with van der Waals surface area (Å²) >= 11 is 1.25. The van der Waals surface area contributed by atoms with Gasteiger partial charge in [0.1, 0.15) is 0 Å². The van der Waals surface area contributed by atoms with Gasteiger partial charge in [-0.25, -0.2) is 4.79 Å². The summed E-state index contributed by atoms with van der Waals surface area (Å²) in [6.07, 6.45) is -1.04. The van der Waals surface area contributed by atoms with Gasteiger partial charge in [-0.2, -0.15) is 0 Å². The van der Waals surface area contributed by atoms with Gasteiger partial charge in [0, 0.05) is 30.6 Å². The Balaban J connectivity index is 2.20. The van der Waals surface area contributed by atoms with E-state index in [1.165, 1.54) is 16.7 Å². The van der Waals surface area contributed by atoms with E-state index in [0.717, 1.165) is 0 Å². The Morgan fingerprint density at radius 2 is 1.62 bits per heavy atom. The fraction of sp³-hybridized carbons (Fsp3) is 0.318.